The van der Waals surface area contributed by atoms with E-state index in [2.05, 4.69) is 12.2 Å². The summed E-state index contributed by atoms with van der Waals surface area (Å²) >= 11 is 0. The van der Waals surface area contributed by atoms with Crippen LogP contribution >= 0.6 is 0 Å². The Bertz CT molecular complexity index is 371. The van der Waals surface area contributed by atoms with Crippen molar-refractivity contribution in [3.8, 4) is 0 Å². The molecule has 0 spiro atoms. The summed E-state index contributed by atoms with van der Waals surface area (Å²) in [5.74, 6) is 0.547. The van der Waals surface area contributed by atoms with E-state index in [4.69, 9.17) is 5.73 Å². The molecule has 2 aliphatic rings. The summed E-state index contributed by atoms with van der Waals surface area (Å²) in [6.07, 6.45) is 4.99. The maximum absolute atomic E-state index is 12.4. The molecule has 0 radical (unpaired) electrons. The molecule has 0 aromatic carbocycles. The van der Waals surface area contributed by atoms with Crippen LogP contribution < -0.4 is 11.1 Å². The van der Waals surface area contributed by atoms with Gasteiger partial charge in [0.15, 0.2) is 0 Å². The highest BCUT2D eigenvalue weighted by Crippen LogP contribution is 2.44. The summed E-state index contributed by atoms with van der Waals surface area (Å²) in [6, 6.07) is -0.445. The van der Waals surface area contributed by atoms with E-state index >= 15 is 0 Å². The molecule has 2 rings (SSSR count). The second-order valence-corrected chi connectivity index (χ2v) is 6.58. The molecule has 0 aromatic heterocycles. The van der Waals surface area contributed by atoms with Crippen molar-refractivity contribution >= 4 is 11.8 Å². The lowest BCUT2D eigenvalue weighted by Crippen LogP contribution is -2.57. The van der Waals surface area contributed by atoms with Crippen LogP contribution in [-0.2, 0) is 9.59 Å². The van der Waals surface area contributed by atoms with Gasteiger partial charge >= 0.3 is 0 Å². The lowest BCUT2D eigenvalue weighted by atomic mass is 9.62. The molecule has 3 N–H and O–H groups in total. The van der Waals surface area contributed by atoms with Crippen LogP contribution in [0, 0.1) is 11.3 Å². The Balaban J connectivity index is 1.88. The minimum absolute atomic E-state index is 0.0394. The van der Waals surface area contributed by atoms with E-state index in [-0.39, 0.29) is 11.8 Å². The Morgan fingerprint density at radius 2 is 1.90 bits per heavy atom. The third-order valence-electron chi connectivity index (χ3n) is 4.74. The molecule has 20 heavy (non-hydrogen) atoms. The zero-order valence-electron chi connectivity index (χ0n) is 12.7. The van der Waals surface area contributed by atoms with E-state index in [0.29, 0.717) is 12.5 Å². The van der Waals surface area contributed by atoms with E-state index in [1.807, 2.05) is 4.90 Å². The van der Waals surface area contributed by atoms with Gasteiger partial charge in [-0.3, -0.25) is 9.59 Å². The summed E-state index contributed by atoms with van der Waals surface area (Å²) < 4.78 is 0. The number of carbonyl (C=O) groups excluding carboxylic acids is 2. The lowest BCUT2D eigenvalue weighted by molar-refractivity contribution is -0.143. The van der Waals surface area contributed by atoms with Crippen LogP contribution in [0.4, 0.5) is 0 Å². The fourth-order valence-electron chi connectivity index (χ4n) is 3.52. The highest BCUT2D eigenvalue weighted by molar-refractivity contribution is 5.90. The molecule has 1 heterocycles. The lowest BCUT2D eigenvalue weighted by Gasteiger charge is -2.44. The first-order valence-electron chi connectivity index (χ1n) is 7.78. The van der Waals surface area contributed by atoms with Crippen molar-refractivity contribution in [2.24, 2.45) is 17.1 Å². The number of nitrogens with one attached hydrogen (secondary N) is 1. The van der Waals surface area contributed by atoms with E-state index in [1.165, 1.54) is 6.42 Å². The summed E-state index contributed by atoms with van der Waals surface area (Å²) in [5.41, 5.74) is 5.34. The molecule has 2 amide bonds. The van der Waals surface area contributed by atoms with Crippen molar-refractivity contribution in [2.75, 3.05) is 19.6 Å². The van der Waals surface area contributed by atoms with Gasteiger partial charge in [-0.1, -0.05) is 6.92 Å². The smallest absolute Gasteiger partial charge is 0.244 e. The molecule has 1 unspecified atom stereocenters. The third-order valence-corrected chi connectivity index (χ3v) is 4.74. The molecule has 1 aliphatic heterocycles. The summed E-state index contributed by atoms with van der Waals surface area (Å²) in [4.78, 5) is 26.5. The Labute approximate surface area is 121 Å². The topological polar surface area (TPSA) is 75.4 Å². The highest BCUT2D eigenvalue weighted by Gasteiger charge is 2.47. The molecular weight excluding hydrogens is 254 g/mol. The normalized spacial score (nSPS) is 31.4. The van der Waals surface area contributed by atoms with Gasteiger partial charge in [0.05, 0.1) is 5.41 Å². The Morgan fingerprint density at radius 1 is 1.30 bits per heavy atom. The Kier molecular flexibility index (Phi) is 4.68. The van der Waals surface area contributed by atoms with Crippen molar-refractivity contribution in [2.45, 2.75) is 52.0 Å². The van der Waals surface area contributed by atoms with E-state index in [9.17, 15) is 9.59 Å². The summed E-state index contributed by atoms with van der Waals surface area (Å²) in [6.45, 7) is 5.91. The minimum atomic E-state index is -0.445. The first-order chi connectivity index (χ1) is 9.48. The maximum Gasteiger partial charge on any atom is 0.244 e. The van der Waals surface area contributed by atoms with Crippen LogP contribution in [-0.4, -0.2) is 42.4 Å². The zero-order chi connectivity index (χ0) is 14.8. The van der Waals surface area contributed by atoms with Crippen molar-refractivity contribution in [3.63, 3.8) is 0 Å². The monoisotopic (exact) mass is 281 g/mol. The largest absolute Gasteiger partial charge is 0.344 e. The first-order valence-corrected chi connectivity index (χ1v) is 7.78. The number of hydrogen-bond donors (Lipinski definition) is 2. The van der Waals surface area contributed by atoms with Gasteiger partial charge in [0.1, 0.15) is 6.04 Å². The second kappa shape index (κ2) is 6.12. The van der Waals surface area contributed by atoms with E-state index in [1.54, 1.807) is 6.92 Å². The maximum atomic E-state index is 12.4. The average molecular weight is 281 g/mol. The van der Waals surface area contributed by atoms with Gasteiger partial charge in [0.2, 0.25) is 11.8 Å². The number of nitrogens with zero attached hydrogens (tertiary/aromatic N) is 1. The molecule has 114 valence electrons. The molecule has 1 saturated heterocycles. The Morgan fingerprint density at radius 3 is 2.40 bits per heavy atom. The van der Waals surface area contributed by atoms with Crippen molar-refractivity contribution in [3.05, 3.63) is 0 Å². The summed E-state index contributed by atoms with van der Waals surface area (Å²) in [7, 11) is 0. The van der Waals surface area contributed by atoms with Crippen molar-refractivity contribution in [1.29, 1.82) is 0 Å². The van der Waals surface area contributed by atoms with Crippen LogP contribution in [0.15, 0.2) is 0 Å². The van der Waals surface area contributed by atoms with Gasteiger partial charge in [-0.15, -0.1) is 0 Å². The second-order valence-electron chi connectivity index (χ2n) is 6.58. The average Bonchev–Trinajstić information content (AvgIpc) is 2.43. The molecule has 2 fully saturated rings. The van der Waals surface area contributed by atoms with Gasteiger partial charge in [-0.2, -0.15) is 0 Å². The van der Waals surface area contributed by atoms with Crippen LogP contribution in [0.1, 0.15) is 46.0 Å². The van der Waals surface area contributed by atoms with E-state index in [0.717, 1.165) is 38.8 Å². The molecular formula is C15H27N3O2. The number of carbonyl (C=O) groups is 2. The predicted molar refractivity (Wildman–Crippen MR) is 77.9 cm³/mol. The SMILES string of the molecule is CC1CC(CN)(C(=O)NC(C)C(=O)N2CCCCC2)C1. The third kappa shape index (κ3) is 2.97. The van der Waals surface area contributed by atoms with Crippen LogP contribution in [0.25, 0.3) is 0 Å². The molecule has 1 saturated carbocycles. The first kappa shape index (κ1) is 15.3. The van der Waals surface area contributed by atoms with Gasteiger partial charge in [0, 0.05) is 19.6 Å². The number of piperidine rings is 1. The molecule has 5 nitrogen and oxygen atoms in total. The minimum Gasteiger partial charge on any atom is -0.344 e. The fraction of sp³-hybridized carbons (Fsp3) is 0.867. The van der Waals surface area contributed by atoms with Gasteiger partial charge in [-0.25, -0.2) is 0 Å². The predicted octanol–water partition coefficient (Wildman–Crippen LogP) is 0.879. The molecule has 1 aliphatic carbocycles. The van der Waals surface area contributed by atoms with Gasteiger partial charge in [0.25, 0.3) is 0 Å². The van der Waals surface area contributed by atoms with Crippen LogP contribution in [0.3, 0.4) is 0 Å². The van der Waals surface area contributed by atoms with Gasteiger partial charge in [-0.05, 0) is 44.9 Å². The zero-order valence-corrected chi connectivity index (χ0v) is 12.7. The highest BCUT2D eigenvalue weighted by atomic mass is 16.2. The number of likely N-dealkylation sites (tertiary alicyclic amines) is 1. The fourth-order valence-corrected chi connectivity index (χ4v) is 3.52. The molecule has 5 heteroatoms. The number of hydrogen-bond acceptors (Lipinski definition) is 3. The number of rotatable bonds is 4. The standard InChI is InChI=1S/C15H27N3O2/c1-11-8-15(9-11,10-16)14(20)17-12(2)13(19)18-6-4-3-5-7-18/h11-12H,3-10,16H2,1-2H3,(H,17,20). The van der Waals surface area contributed by atoms with Crippen LogP contribution in [0.5, 0.6) is 0 Å². The molecule has 1 atom stereocenters. The summed E-state index contributed by atoms with van der Waals surface area (Å²) in [5, 5.41) is 2.88. The van der Waals surface area contributed by atoms with Crippen molar-refractivity contribution < 1.29 is 9.59 Å². The molecule has 0 bridgehead atoms. The number of amides is 2. The van der Waals surface area contributed by atoms with Gasteiger partial charge < -0.3 is 16.0 Å². The quantitative estimate of drug-likeness (QED) is 0.803. The molecule has 0 aromatic rings. The Hall–Kier alpha value is -1.10. The number of nitrogens with two attached hydrogens (primary N) is 1. The van der Waals surface area contributed by atoms with Crippen LogP contribution in [0.2, 0.25) is 0 Å². The van der Waals surface area contributed by atoms with E-state index < -0.39 is 11.5 Å². The van der Waals surface area contributed by atoms with Crippen molar-refractivity contribution in [1.82, 2.24) is 10.2 Å².